The van der Waals surface area contributed by atoms with Crippen LogP contribution in [0.5, 0.6) is 11.5 Å². The fourth-order valence-corrected chi connectivity index (χ4v) is 3.34. The molecule has 0 saturated carbocycles. The van der Waals surface area contributed by atoms with Crippen LogP contribution in [0.4, 0.5) is 5.69 Å². The quantitative estimate of drug-likeness (QED) is 0.809. The summed E-state index contributed by atoms with van der Waals surface area (Å²) in [6.45, 7) is 3.94. The second kappa shape index (κ2) is 8.13. The van der Waals surface area contributed by atoms with Crippen LogP contribution < -0.4 is 15.2 Å². The zero-order valence-electron chi connectivity index (χ0n) is 15.5. The smallest absolute Gasteiger partial charge is 0.223 e. The summed E-state index contributed by atoms with van der Waals surface area (Å²) >= 11 is 0. The van der Waals surface area contributed by atoms with Crippen molar-refractivity contribution in [1.29, 1.82) is 0 Å². The maximum atomic E-state index is 12.6. The third-order valence-electron chi connectivity index (χ3n) is 4.75. The Kier molecular flexibility index (Phi) is 5.66. The molecule has 138 valence electrons. The minimum atomic E-state index is 0.172. The highest BCUT2D eigenvalue weighted by atomic mass is 16.5. The number of amides is 1. The molecule has 1 aliphatic heterocycles. The molecule has 5 heteroatoms. The van der Waals surface area contributed by atoms with Gasteiger partial charge >= 0.3 is 0 Å². The molecule has 26 heavy (non-hydrogen) atoms. The Labute approximate surface area is 154 Å². The molecule has 0 atom stereocenters. The molecule has 5 nitrogen and oxygen atoms in total. The molecular weight excluding hydrogens is 328 g/mol. The van der Waals surface area contributed by atoms with Crippen LogP contribution in [0.1, 0.15) is 30.0 Å². The Morgan fingerprint density at radius 1 is 1.15 bits per heavy atom. The van der Waals surface area contributed by atoms with Crippen LogP contribution >= 0.6 is 0 Å². The molecule has 0 spiro atoms. The van der Waals surface area contributed by atoms with Crippen molar-refractivity contribution in [3.8, 4) is 11.5 Å². The van der Waals surface area contributed by atoms with Crippen LogP contribution in [-0.2, 0) is 24.2 Å². The summed E-state index contributed by atoms with van der Waals surface area (Å²) in [5, 5.41) is 0. The highest BCUT2D eigenvalue weighted by Gasteiger charge is 2.20. The molecular formula is C21H26N2O3. The summed E-state index contributed by atoms with van der Waals surface area (Å²) in [5.41, 5.74) is 10.1. The number of hydrogen-bond donors (Lipinski definition) is 1. The van der Waals surface area contributed by atoms with Gasteiger partial charge < -0.3 is 20.1 Å². The monoisotopic (exact) mass is 354 g/mol. The number of hydrogen-bond acceptors (Lipinski definition) is 4. The molecule has 2 aromatic carbocycles. The van der Waals surface area contributed by atoms with Gasteiger partial charge in [0.1, 0.15) is 0 Å². The molecule has 0 unspecified atom stereocenters. The van der Waals surface area contributed by atoms with Crippen LogP contribution in [0.2, 0.25) is 0 Å². The van der Waals surface area contributed by atoms with Gasteiger partial charge in [-0.1, -0.05) is 12.1 Å². The summed E-state index contributed by atoms with van der Waals surface area (Å²) in [4.78, 5) is 14.6. The first-order valence-corrected chi connectivity index (χ1v) is 9.05. The molecule has 0 bridgehead atoms. The predicted molar refractivity (Wildman–Crippen MR) is 102 cm³/mol. The second-order valence-corrected chi connectivity index (χ2v) is 6.51. The molecule has 0 aliphatic carbocycles. The highest BCUT2D eigenvalue weighted by Crippen LogP contribution is 2.29. The number of ether oxygens (including phenoxy) is 2. The lowest BCUT2D eigenvalue weighted by Gasteiger charge is -2.29. The number of fused-ring (bicyclic) bond motifs is 1. The normalized spacial score (nSPS) is 13.2. The molecule has 1 amide bonds. The van der Waals surface area contributed by atoms with Gasteiger partial charge in [-0.3, -0.25) is 4.79 Å². The summed E-state index contributed by atoms with van der Waals surface area (Å²) in [7, 11) is 1.63. The van der Waals surface area contributed by atoms with Gasteiger partial charge in [0.15, 0.2) is 11.5 Å². The fourth-order valence-electron chi connectivity index (χ4n) is 3.34. The van der Waals surface area contributed by atoms with Crippen LogP contribution in [-0.4, -0.2) is 31.1 Å². The minimum absolute atomic E-state index is 0.172. The topological polar surface area (TPSA) is 64.8 Å². The van der Waals surface area contributed by atoms with Crippen molar-refractivity contribution in [2.75, 3.05) is 26.0 Å². The molecule has 3 rings (SSSR count). The van der Waals surface area contributed by atoms with Crippen LogP contribution in [0, 0.1) is 0 Å². The summed E-state index contributed by atoms with van der Waals surface area (Å²) in [6, 6.07) is 11.8. The van der Waals surface area contributed by atoms with E-state index in [1.54, 1.807) is 7.11 Å². The van der Waals surface area contributed by atoms with Gasteiger partial charge in [0.25, 0.3) is 0 Å². The Morgan fingerprint density at radius 2 is 2.00 bits per heavy atom. The fraction of sp³-hybridized carbons (Fsp3) is 0.381. The lowest BCUT2D eigenvalue weighted by atomic mass is 9.98. The molecule has 1 heterocycles. The van der Waals surface area contributed by atoms with Gasteiger partial charge in [0.05, 0.1) is 13.7 Å². The van der Waals surface area contributed by atoms with Crippen molar-refractivity contribution in [2.24, 2.45) is 0 Å². The van der Waals surface area contributed by atoms with E-state index in [-0.39, 0.29) is 5.91 Å². The van der Waals surface area contributed by atoms with Crippen LogP contribution in [0.3, 0.4) is 0 Å². The van der Waals surface area contributed by atoms with E-state index in [9.17, 15) is 4.79 Å². The Hall–Kier alpha value is -2.69. The van der Waals surface area contributed by atoms with Crippen molar-refractivity contribution < 1.29 is 14.3 Å². The number of rotatable bonds is 6. The number of benzene rings is 2. The molecule has 1 aliphatic rings. The predicted octanol–water partition coefficient (Wildman–Crippen LogP) is 3.19. The number of carbonyl (C=O) groups excluding carboxylic acids is 1. The summed E-state index contributed by atoms with van der Waals surface area (Å²) in [5.74, 6) is 1.61. The average Bonchev–Trinajstić information content (AvgIpc) is 2.66. The zero-order valence-corrected chi connectivity index (χ0v) is 15.5. The number of aryl methyl sites for hydroxylation is 1. The largest absolute Gasteiger partial charge is 0.493 e. The van der Waals surface area contributed by atoms with Crippen molar-refractivity contribution in [1.82, 2.24) is 4.90 Å². The third-order valence-corrected chi connectivity index (χ3v) is 4.75. The Balaban J connectivity index is 1.61. The molecule has 2 N–H and O–H groups in total. The number of anilines is 1. The van der Waals surface area contributed by atoms with E-state index in [2.05, 4.69) is 6.07 Å². The van der Waals surface area contributed by atoms with E-state index in [4.69, 9.17) is 15.2 Å². The van der Waals surface area contributed by atoms with Gasteiger partial charge in [-0.15, -0.1) is 0 Å². The van der Waals surface area contributed by atoms with Crippen molar-refractivity contribution in [3.05, 3.63) is 53.1 Å². The lowest BCUT2D eigenvalue weighted by molar-refractivity contribution is -0.132. The Morgan fingerprint density at radius 3 is 2.77 bits per heavy atom. The lowest BCUT2D eigenvalue weighted by Crippen LogP contribution is -2.36. The van der Waals surface area contributed by atoms with Gasteiger partial charge in [-0.05, 0) is 60.7 Å². The number of nitrogen functional groups attached to an aromatic ring is 1. The van der Waals surface area contributed by atoms with Crippen LogP contribution in [0.15, 0.2) is 36.4 Å². The van der Waals surface area contributed by atoms with E-state index in [0.717, 1.165) is 35.5 Å². The maximum Gasteiger partial charge on any atom is 0.223 e. The van der Waals surface area contributed by atoms with Crippen molar-refractivity contribution >= 4 is 11.6 Å². The van der Waals surface area contributed by atoms with Crippen LogP contribution in [0.25, 0.3) is 0 Å². The zero-order chi connectivity index (χ0) is 18.5. The number of methoxy groups -OCH3 is 1. The number of nitrogens with zero attached hydrogens (tertiary/aromatic N) is 1. The van der Waals surface area contributed by atoms with E-state index in [0.29, 0.717) is 31.7 Å². The summed E-state index contributed by atoms with van der Waals surface area (Å²) in [6.07, 6.45) is 2.05. The molecule has 0 saturated heterocycles. The number of carbonyl (C=O) groups is 1. The number of nitrogens with two attached hydrogens (primary N) is 1. The van der Waals surface area contributed by atoms with E-state index >= 15 is 0 Å². The van der Waals surface area contributed by atoms with Gasteiger partial charge in [0.2, 0.25) is 5.91 Å². The first-order chi connectivity index (χ1) is 12.6. The first-order valence-electron chi connectivity index (χ1n) is 9.05. The van der Waals surface area contributed by atoms with E-state index in [1.807, 2.05) is 42.2 Å². The standard InChI is InChI=1S/C21H26N2O3/c1-3-26-19-8-4-15(12-20(19)25-2)5-9-21(24)23-11-10-16-6-7-18(22)13-17(16)14-23/h4,6-8,12-13H,3,5,9-11,14,22H2,1-2H3. The molecule has 2 aromatic rings. The third kappa shape index (κ3) is 4.10. The highest BCUT2D eigenvalue weighted by molar-refractivity contribution is 5.77. The van der Waals surface area contributed by atoms with E-state index in [1.165, 1.54) is 5.56 Å². The SMILES string of the molecule is CCOc1ccc(CCC(=O)N2CCc3ccc(N)cc3C2)cc1OC. The molecule has 0 fully saturated rings. The molecule has 0 radical (unpaired) electrons. The average molecular weight is 354 g/mol. The van der Waals surface area contributed by atoms with Crippen molar-refractivity contribution in [3.63, 3.8) is 0 Å². The van der Waals surface area contributed by atoms with Gasteiger partial charge in [0, 0.05) is 25.2 Å². The second-order valence-electron chi connectivity index (χ2n) is 6.51. The molecule has 0 aromatic heterocycles. The van der Waals surface area contributed by atoms with Crippen molar-refractivity contribution in [2.45, 2.75) is 32.7 Å². The summed E-state index contributed by atoms with van der Waals surface area (Å²) < 4.78 is 10.9. The Bertz CT molecular complexity index is 789. The minimum Gasteiger partial charge on any atom is -0.493 e. The van der Waals surface area contributed by atoms with Gasteiger partial charge in [-0.25, -0.2) is 0 Å². The van der Waals surface area contributed by atoms with E-state index < -0.39 is 0 Å². The van der Waals surface area contributed by atoms with Gasteiger partial charge in [-0.2, -0.15) is 0 Å². The first kappa shape index (κ1) is 18.1. The maximum absolute atomic E-state index is 12.6.